The second kappa shape index (κ2) is 15.5. The van der Waals surface area contributed by atoms with Gasteiger partial charge in [0.1, 0.15) is 23.4 Å². The molecule has 0 heterocycles. The number of rotatable bonds is 14. The lowest BCUT2D eigenvalue weighted by atomic mass is 9.95. The van der Waals surface area contributed by atoms with Gasteiger partial charge in [-0.25, -0.2) is 23.2 Å². The predicted octanol–water partition coefficient (Wildman–Crippen LogP) is 5.40. The monoisotopic (exact) mass is 590 g/mol. The van der Waals surface area contributed by atoms with Crippen molar-refractivity contribution in [3.63, 3.8) is 0 Å². The van der Waals surface area contributed by atoms with Gasteiger partial charge in [0.15, 0.2) is 18.4 Å². The van der Waals surface area contributed by atoms with Crippen LogP contribution < -0.4 is 14.2 Å². The van der Waals surface area contributed by atoms with E-state index in [0.29, 0.717) is 25.7 Å². The molecule has 0 aromatic heterocycles. The summed E-state index contributed by atoms with van der Waals surface area (Å²) in [6.45, 7) is 8.84. The van der Waals surface area contributed by atoms with E-state index in [1.165, 1.54) is 38.1 Å². The molecule has 42 heavy (non-hydrogen) atoms. The molecule has 0 atom stereocenters. The third-order valence-electron chi connectivity index (χ3n) is 6.01. The Kier molecular flexibility index (Phi) is 11.9. The Morgan fingerprint density at radius 1 is 0.738 bits per heavy atom. The molecule has 1 saturated carbocycles. The smallest absolute Gasteiger partial charge is 0.341 e. The first-order valence-electron chi connectivity index (χ1n) is 13.0. The van der Waals surface area contributed by atoms with Crippen LogP contribution in [0.5, 0.6) is 17.2 Å². The van der Waals surface area contributed by atoms with Gasteiger partial charge in [0.05, 0.1) is 11.7 Å². The number of ether oxygens (including phenoxy) is 7. The van der Waals surface area contributed by atoms with E-state index in [0.717, 1.165) is 12.1 Å². The maximum Gasteiger partial charge on any atom is 0.341 e. The molecule has 10 nitrogen and oxygen atoms in total. The van der Waals surface area contributed by atoms with E-state index in [1.54, 1.807) is 0 Å². The Morgan fingerprint density at radius 3 is 1.79 bits per heavy atom. The highest BCUT2D eigenvalue weighted by atomic mass is 19.1. The zero-order chi connectivity index (χ0) is 30.6. The fourth-order valence-electron chi connectivity index (χ4n) is 3.71. The van der Waals surface area contributed by atoms with Crippen molar-refractivity contribution in [2.24, 2.45) is 0 Å². The lowest BCUT2D eigenvalue weighted by Gasteiger charge is -2.28. The number of esters is 3. The van der Waals surface area contributed by atoms with Crippen LogP contribution >= 0.6 is 0 Å². The Labute approximate surface area is 241 Å². The summed E-state index contributed by atoms with van der Waals surface area (Å²) < 4.78 is 65.2. The van der Waals surface area contributed by atoms with Gasteiger partial charge < -0.3 is 33.2 Å². The van der Waals surface area contributed by atoms with Gasteiger partial charge in [0, 0.05) is 23.3 Å². The summed E-state index contributed by atoms with van der Waals surface area (Å²) in [4.78, 5) is 35.2. The molecule has 1 aliphatic carbocycles. The molecule has 2 aromatic rings. The Bertz CT molecular complexity index is 1300. The normalized spacial score (nSPS) is 16.1. The number of carbonyl (C=O) groups is 3. The van der Waals surface area contributed by atoms with Crippen LogP contribution in [0.2, 0.25) is 0 Å². The molecule has 12 heteroatoms. The Morgan fingerprint density at radius 2 is 1.26 bits per heavy atom. The van der Waals surface area contributed by atoms with Crippen LogP contribution in [0, 0.1) is 11.6 Å². The molecule has 3 rings (SSSR count). The van der Waals surface area contributed by atoms with Crippen molar-refractivity contribution in [3.8, 4) is 17.2 Å². The quantitative estimate of drug-likeness (QED) is 0.123. The van der Waals surface area contributed by atoms with Crippen LogP contribution in [-0.2, 0) is 28.5 Å². The minimum atomic E-state index is -0.837. The van der Waals surface area contributed by atoms with Crippen LogP contribution in [0.25, 0.3) is 0 Å². The second-order valence-corrected chi connectivity index (χ2v) is 9.42. The summed E-state index contributed by atoms with van der Waals surface area (Å²) in [6.07, 6.45) is 1.47. The van der Waals surface area contributed by atoms with Crippen LogP contribution in [0.1, 0.15) is 49.9 Å². The van der Waals surface area contributed by atoms with Crippen LogP contribution in [0.4, 0.5) is 8.78 Å². The molecule has 0 unspecified atom stereocenters. The molecule has 0 N–H and O–H groups in total. The first-order valence-corrected chi connectivity index (χ1v) is 13.0. The Balaban J connectivity index is 1.36. The first kappa shape index (κ1) is 32.1. The van der Waals surface area contributed by atoms with Crippen molar-refractivity contribution in [2.45, 2.75) is 51.7 Å². The van der Waals surface area contributed by atoms with E-state index >= 15 is 0 Å². The zero-order valence-electron chi connectivity index (χ0n) is 23.3. The van der Waals surface area contributed by atoms with Crippen LogP contribution in [0.3, 0.4) is 0 Å². The number of hydrogen-bond acceptors (Lipinski definition) is 10. The van der Waals surface area contributed by atoms with Gasteiger partial charge in [0.25, 0.3) is 0 Å². The first-order chi connectivity index (χ1) is 20.0. The third-order valence-corrected chi connectivity index (χ3v) is 6.01. The van der Waals surface area contributed by atoms with Gasteiger partial charge in [-0.15, -0.1) is 0 Å². The molecule has 0 amide bonds. The van der Waals surface area contributed by atoms with Gasteiger partial charge >= 0.3 is 17.9 Å². The maximum absolute atomic E-state index is 14.5. The standard InChI is InChI=1S/C30H32F2O10/c1-18(2)28(33)40-16-37-22-9-11-24(25(31)13-22)30(35)42-21-7-5-20(6-8-21)36-15-39-27-12-10-23(14-26(27)32)38-17-41-29(34)19(3)4/h9-14,20-21H,1,3,5-8,15-17H2,2,4H3. The molecule has 0 saturated heterocycles. The molecule has 2 aromatic carbocycles. The molecular formula is C30H32F2O10. The maximum atomic E-state index is 14.5. The van der Waals surface area contributed by atoms with E-state index in [4.69, 9.17) is 33.2 Å². The van der Waals surface area contributed by atoms with Gasteiger partial charge in [-0.1, -0.05) is 13.2 Å². The summed E-state index contributed by atoms with van der Waals surface area (Å²) in [5.74, 6) is -3.42. The highest BCUT2D eigenvalue weighted by molar-refractivity contribution is 5.90. The highest BCUT2D eigenvalue weighted by Gasteiger charge is 2.26. The number of halogens is 2. The predicted molar refractivity (Wildman–Crippen MR) is 144 cm³/mol. The van der Waals surface area contributed by atoms with Crippen molar-refractivity contribution in [1.82, 2.24) is 0 Å². The van der Waals surface area contributed by atoms with Gasteiger partial charge in [-0.05, 0) is 63.8 Å². The van der Waals surface area contributed by atoms with Crippen molar-refractivity contribution < 1.29 is 56.3 Å². The van der Waals surface area contributed by atoms with Gasteiger partial charge in [-0.2, -0.15) is 0 Å². The molecule has 226 valence electrons. The summed E-state index contributed by atoms with van der Waals surface area (Å²) in [5.41, 5.74) is 0.164. The molecule has 1 fully saturated rings. The van der Waals surface area contributed by atoms with E-state index in [-0.39, 0.29) is 53.6 Å². The van der Waals surface area contributed by atoms with E-state index in [2.05, 4.69) is 13.2 Å². The molecule has 0 spiro atoms. The summed E-state index contributed by atoms with van der Waals surface area (Å²) >= 11 is 0. The second-order valence-electron chi connectivity index (χ2n) is 9.42. The van der Waals surface area contributed by atoms with E-state index in [1.807, 2.05) is 0 Å². The minimum absolute atomic E-state index is 0.0461. The highest BCUT2D eigenvalue weighted by Crippen LogP contribution is 2.27. The largest absolute Gasteiger partial charge is 0.464 e. The van der Waals surface area contributed by atoms with Crippen molar-refractivity contribution in [3.05, 3.63) is 77.9 Å². The third kappa shape index (κ3) is 9.88. The van der Waals surface area contributed by atoms with E-state index < -0.39 is 42.4 Å². The summed E-state index contributed by atoms with van der Waals surface area (Å²) in [7, 11) is 0. The topological polar surface area (TPSA) is 116 Å². The average Bonchev–Trinajstić information content (AvgIpc) is 2.94. The zero-order valence-corrected chi connectivity index (χ0v) is 23.3. The van der Waals surface area contributed by atoms with Gasteiger partial charge in [0.2, 0.25) is 13.6 Å². The lowest BCUT2D eigenvalue weighted by Crippen LogP contribution is -2.29. The van der Waals surface area contributed by atoms with Gasteiger partial charge in [-0.3, -0.25) is 0 Å². The van der Waals surface area contributed by atoms with Crippen LogP contribution in [0.15, 0.2) is 60.7 Å². The average molecular weight is 591 g/mol. The van der Waals surface area contributed by atoms with Crippen LogP contribution in [-0.4, -0.2) is 50.5 Å². The number of carbonyl (C=O) groups excluding carboxylic acids is 3. The summed E-state index contributed by atoms with van der Waals surface area (Å²) in [5, 5.41) is 0. The Hall–Kier alpha value is -4.45. The van der Waals surface area contributed by atoms with Crippen molar-refractivity contribution >= 4 is 17.9 Å². The molecule has 1 aliphatic rings. The molecule has 0 bridgehead atoms. The molecule has 0 aliphatic heterocycles. The minimum Gasteiger partial charge on any atom is -0.464 e. The fourth-order valence-corrected chi connectivity index (χ4v) is 3.71. The van der Waals surface area contributed by atoms with Crippen molar-refractivity contribution in [2.75, 3.05) is 20.4 Å². The lowest BCUT2D eigenvalue weighted by molar-refractivity contribution is -0.146. The fraction of sp³-hybridized carbons (Fsp3) is 0.367. The van der Waals surface area contributed by atoms with E-state index in [9.17, 15) is 23.2 Å². The molecular weight excluding hydrogens is 558 g/mol. The number of benzene rings is 2. The van der Waals surface area contributed by atoms with Crippen molar-refractivity contribution in [1.29, 1.82) is 0 Å². The SMILES string of the molecule is C=C(C)C(=O)OCOc1ccc(OCOC2CCC(OC(=O)c3ccc(OCOC(=O)C(=C)C)cc3F)CC2)c(F)c1. The summed E-state index contributed by atoms with van der Waals surface area (Å²) in [6, 6.07) is 7.51. The molecule has 0 radical (unpaired) electrons. The number of hydrogen-bond donors (Lipinski definition) is 0.